The van der Waals surface area contributed by atoms with E-state index >= 15 is 0 Å². The van der Waals surface area contributed by atoms with Crippen LogP contribution in [0.1, 0.15) is 42.3 Å². The molecule has 0 aliphatic carbocycles. The summed E-state index contributed by atoms with van der Waals surface area (Å²) in [7, 11) is 1.95. The quantitative estimate of drug-likeness (QED) is 0.675. The molecule has 1 atom stereocenters. The molecule has 0 saturated carbocycles. The van der Waals surface area contributed by atoms with E-state index in [0.717, 1.165) is 42.0 Å². The van der Waals surface area contributed by atoms with Crippen molar-refractivity contribution in [3.8, 4) is 11.1 Å². The molecule has 4 rings (SSSR count). The predicted molar refractivity (Wildman–Crippen MR) is 105 cm³/mol. The normalized spacial score (nSPS) is 18.0. The average molecular weight is 364 g/mol. The molecular weight excluding hydrogens is 339 g/mol. The van der Waals surface area contributed by atoms with Crippen LogP contribution in [-0.4, -0.2) is 26.2 Å². The van der Waals surface area contributed by atoms with Crippen LogP contribution in [0.25, 0.3) is 11.1 Å². The van der Waals surface area contributed by atoms with Gasteiger partial charge < -0.3 is 0 Å². The Morgan fingerprint density at radius 2 is 1.93 bits per heavy atom. The third kappa shape index (κ3) is 4.08. The first-order valence-corrected chi connectivity index (χ1v) is 9.54. The van der Waals surface area contributed by atoms with Crippen LogP contribution in [-0.2, 0) is 13.6 Å². The third-order valence-electron chi connectivity index (χ3n) is 5.25. The summed E-state index contributed by atoms with van der Waals surface area (Å²) >= 11 is 0. The lowest BCUT2D eigenvalue weighted by molar-refractivity contribution is 0.137. The number of pyridine rings is 1. The number of hydrogen-bond acceptors (Lipinski definition) is 3. The van der Waals surface area contributed by atoms with E-state index in [9.17, 15) is 4.39 Å². The van der Waals surface area contributed by atoms with Gasteiger partial charge >= 0.3 is 0 Å². The van der Waals surface area contributed by atoms with Crippen molar-refractivity contribution < 1.29 is 4.39 Å². The van der Waals surface area contributed by atoms with Crippen LogP contribution >= 0.6 is 0 Å². The molecule has 1 fully saturated rings. The SMILES string of the molecule is Cc1cc(-c2ccc(F)cc2)cc([C@H]2CCCCN2Cc2cnn(C)c2)n1. The zero-order valence-corrected chi connectivity index (χ0v) is 15.9. The molecule has 0 spiro atoms. The highest BCUT2D eigenvalue weighted by atomic mass is 19.1. The molecule has 4 nitrogen and oxygen atoms in total. The summed E-state index contributed by atoms with van der Waals surface area (Å²) in [4.78, 5) is 7.37. The molecule has 0 bridgehead atoms. The van der Waals surface area contributed by atoms with Gasteiger partial charge in [0.15, 0.2) is 0 Å². The number of nitrogens with zero attached hydrogens (tertiary/aromatic N) is 4. The van der Waals surface area contributed by atoms with E-state index in [2.05, 4.69) is 28.3 Å². The molecule has 2 aromatic heterocycles. The largest absolute Gasteiger partial charge is 0.290 e. The Morgan fingerprint density at radius 3 is 2.67 bits per heavy atom. The molecule has 27 heavy (non-hydrogen) atoms. The second-order valence-corrected chi connectivity index (χ2v) is 7.43. The molecule has 3 heterocycles. The summed E-state index contributed by atoms with van der Waals surface area (Å²) in [6.45, 7) is 3.99. The van der Waals surface area contributed by atoms with E-state index in [-0.39, 0.29) is 5.82 Å². The van der Waals surface area contributed by atoms with Gasteiger partial charge in [-0.25, -0.2) is 4.39 Å². The summed E-state index contributed by atoms with van der Waals surface area (Å²) in [5.41, 5.74) is 5.47. The summed E-state index contributed by atoms with van der Waals surface area (Å²) in [5, 5.41) is 4.30. The Kier molecular flexibility index (Phi) is 5.03. The Balaban J connectivity index is 1.64. The van der Waals surface area contributed by atoms with Crippen LogP contribution in [0.15, 0.2) is 48.8 Å². The van der Waals surface area contributed by atoms with Crippen molar-refractivity contribution in [1.29, 1.82) is 0 Å². The van der Waals surface area contributed by atoms with E-state index in [1.54, 1.807) is 0 Å². The molecule has 140 valence electrons. The fraction of sp³-hybridized carbons (Fsp3) is 0.364. The zero-order chi connectivity index (χ0) is 18.8. The topological polar surface area (TPSA) is 34.0 Å². The zero-order valence-electron chi connectivity index (χ0n) is 15.9. The van der Waals surface area contributed by atoms with E-state index in [1.807, 2.05) is 37.0 Å². The monoisotopic (exact) mass is 364 g/mol. The first kappa shape index (κ1) is 17.9. The van der Waals surface area contributed by atoms with E-state index in [0.29, 0.717) is 6.04 Å². The molecule has 0 amide bonds. The van der Waals surface area contributed by atoms with Crippen LogP contribution in [0, 0.1) is 12.7 Å². The lowest BCUT2D eigenvalue weighted by Crippen LogP contribution is -2.33. The van der Waals surface area contributed by atoms with E-state index < -0.39 is 0 Å². The predicted octanol–water partition coefficient (Wildman–Crippen LogP) is 4.66. The standard InChI is InChI=1S/C22H25FN4/c1-16-11-19(18-6-8-20(23)9-7-18)12-21(25-16)22-5-3-4-10-27(22)15-17-13-24-26(2)14-17/h6-9,11-14,22H,3-5,10,15H2,1-2H3/t22-/m1/s1. The number of rotatable bonds is 4. The first-order chi connectivity index (χ1) is 13.1. The van der Waals surface area contributed by atoms with E-state index in [4.69, 9.17) is 4.98 Å². The van der Waals surface area contributed by atoms with Crippen LogP contribution in [0.2, 0.25) is 0 Å². The van der Waals surface area contributed by atoms with Crippen LogP contribution in [0.5, 0.6) is 0 Å². The van der Waals surface area contributed by atoms with Gasteiger partial charge in [0.2, 0.25) is 0 Å². The minimum atomic E-state index is -0.209. The second kappa shape index (κ2) is 7.61. The van der Waals surface area contributed by atoms with Crippen molar-refractivity contribution in [1.82, 2.24) is 19.7 Å². The molecule has 1 aromatic carbocycles. The highest BCUT2D eigenvalue weighted by Gasteiger charge is 2.26. The van der Waals surface area contributed by atoms with Gasteiger partial charge in [-0.2, -0.15) is 5.10 Å². The Bertz CT molecular complexity index is 916. The molecule has 5 heteroatoms. The Labute approximate surface area is 159 Å². The third-order valence-corrected chi connectivity index (χ3v) is 5.25. The van der Waals surface area contributed by atoms with Crippen molar-refractivity contribution in [2.24, 2.45) is 7.05 Å². The minimum absolute atomic E-state index is 0.209. The number of piperidine rings is 1. The van der Waals surface area contributed by atoms with Gasteiger partial charge in [-0.15, -0.1) is 0 Å². The van der Waals surface area contributed by atoms with Gasteiger partial charge in [0.05, 0.1) is 17.9 Å². The summed E-state index contributed by atoms with van der Waals surface area (Å²) < 4.78 is 15.1. The van der Waals surface area contributed by atoms with Crippen LogP contribution in [0.4, 0.5) is 4.39 Å². The fourth-order valence-electron chi connectivity index (χ4n) is 3.98. The number of halogens is 1. The smallest absolute Gasteiger partial charge is 0.123 e. The van der Waals surface area contributed by atoms with Gasteiger partial charge in [-0.3, -0.25) is 14.6 Å². The summed E-state index contributed by atoms with van der Waals surface area (Å²) in [6.07, 6.45) is 7.57. The molecule has 1 aliphatic heterocycles. The van der Waals surface area contributed by atoms with Crippen molar-refractivity contribution in [3.63, 3.8) is 0 Å². The fourth-order valence-corrected chi connectivity index (χ4v) is 3.98. The maximum Gasteiger partial charge on any atom is 0.123 e. The molecule has 3 aromatic rings. The minimum Gasteiger partial charge on any atom is -0.290 e. The molecule has 0 unspecified atom stereocenters. The molecular formula is C22H25FN4. The summed E-state index contributed by atoms with van der Waals surface area (Å²) in [5.74, 6) is -0.209. The van der Waals surface area contributed by atoms with Crippen molar-refractivity contribution in [2.45, 2.75) is 38.8 Å². The van der Waals surface area contributed by atoms with Gasteiger partial charge in [-0.1, -0.05) is 18.6 Å². The van der Waals surface area contributed by atoms with Crippen molar-refractivity contribution in [3.05, 3.63) is 71.6 Å². The van der Waals surface area contributed by atoms with Crippen LogP contribution < -0.4 is 0 Å². The van der Waals surface area contributed by atoms with Crippen molar-refractivity contribution >= 4 is 0 Å². The van der Waals surface area contributed by atoms with Gasteiger partial charge in [-0.05, 0) is 61.7 Å². The Hall–Kier alpha value is -2.53. The molecule has 1 saturated heterocycles. The maximum absolute atomic E-state index is 13.3. The second-order valence-electron chi connectivity index (χ2n) is 7.43. The maximum atomic E-state index is 13.3. The number of aromatic nitrogens is 3. The molecule has 0 radical (unpaired) electrons. The number of benzene rings is 1. The number of hydrogen-bond donors (Lipinski definition) is 0. The molecule has 0 N–H and O–H groups in total. The summed E-state index contributed by atoms with van der Waals surface area (Å²) in [6, 6.07) is 11.3. The number of likely N-dealkylation sites (tertiary alicyclic amines) is 1. The van der Waals surface area contributed by atoms with Crippen LogP contribution in [0.3, 0.4) is 0 Å². The average Bonchev–Trinajstić information content (AvgIpc) is 3.07. The van der Waals surface area contributed by atoms with Gasteiger partial charge in [0, 0.05) is 31.0 Å². The van der Waals surface area contributed by atoms with E-state index in [1.165, 1.54) is 30.5 Å². The van der Waals surface area contributed by atoms with Crippen molar-refractivity contribution in [2.75, 3.05) is 6.54 Å². The lowest BCUT2D eigenvalue weighted by atomic mass is 9.95. The Morgan fingerprint density at radius 1 is 1.11 bits per heavy atom. The lowest BCUT2D eigenvalue weighted by Gasteiger charge is -2.35. The highest BCUT2D eigenvalue weighted by molar-refractivity contribution is 5.64. The van der Waals surface area contributed by atoms with Gasteiger partial charge in [0.1, 0.15) is 5.82 Å². The van der Waals surface area contributed by atoms with Gasteiger partial charge in [0.25, 0.3) is 0 Å². The number of aryl methyl sites for hydroxylation is 2. The highest BCUT2D eigenvalue weighted by Crippen LogP contribution is 2.33. The molecule has 1 aliphatic rings. The first-order valence-electron chi connectivity index (χ1n) is 9.54.